The molecule has 2 heterocycles. The minimum atomic E-state index is -0.840. The number of fused-ring (bicyclic) bond motifs is 1. The van der Waals surface area contributed by atoms with Crippen molar-refractivity contribution < 1.29 is 19.4 Å². The van der Waals surface area contributed by atoms with Gasteiger partial charge in [-0.1, -0.05) is 56.2 Å². The average Bonchev–Trinajstić information content (AvgIpc) is 3.44. The second-order valence-electron chi connectivity index (χ2n) is 9.24. The van der Waals surface area contributed by atoms with E-state index in [1.165, 1.54) is 4.90 Å². The number of aromatic amines is 1. The van der Waals surface area contributed by atoms with Gasteiger partial charge in [-0.25, -0.2) is 4.98 Å². The van der Waals surface area contributed by atoms with Crippen LogP contribution in [0, 0.1) is 6.92 Å². The normalized spacial score (nSPS) is 17.0. The number of amides is 1. The smallest absolute Gasteiger partial charge is 0.302 e. The number of ether oxygens (including phenoxy) is 1. The van der Waals surface area contributed by atoms with E-state index in [-0.39, 0.29) is 17.3 Å². The van der Waals surface area contributed by atoms with Crippen LogP contribution in [0.25, 0.3) is 16.8 Å². The van der Waals surface area contributed by atoms with E-state index in [0.717, 1.165) is 30.3 Å². The van der Waals surface area contributed by atoms with Crippen LogP contribution in [0.3, 0.4) is 0 Å². The summed E-state index contributed by atoms with van der Waals surface area (Å²) >= 11 is 0. The number of aliphatic hydroxyl groups excluding tert-OH is 1. The summed E-state index contributed by atoms with van der Waals surface area (Å²) < 4.78 is 5.77. The summed E-state index contributed by atoms with van der Waals surface area (Å²) in [5, 5.41) is 11.3. The highest BCUT2D eigenvalue weighted by Gasteiger charge is 2.48. The minimum absolute atomic E-state index is 0.0180. The van der Waals surface area contributed by atoms with Crippen LogP contribution in [-0.2, 0) is 9.59 Å². The average molecular weight is 496 g/mol. The number of nitrogens with zero attached hydrogens (tertiary/aromatic N) is 2. The Bertz CT molecular complexity index is 1470. The fourth-order valence-electron chi connectivity index (χ4n) is 4.63. The molecule has 37 heavy (non-hydrogen) atoms. The van der Waals surface area contributed by atoms with Gasteiger partial charge >= 0.3 is 5.91 Å². The Kier molecular flexibility index (Phi) is 6.77. The quantitative estimate of drug-likeness (QED) is 0.134. The SMILES string of the molecule is CCCCCOc1ccc(/C(O)=C2\C(=O)C(=O)N(c3nc4ccc(C)cc4[nH]3)C2c2ccccc2)cc1. The number of carbonyl (C=O) groups excluding carboxylic acids is 2. The molecule has 1 amide bonds. The number of Topliss-reactive ketones (excluding diaryl/α,β-unsaturated/α-hetero) is 1. The molecular weight excluding hydrogens is 466 g/mol. The number of anilines is 1. The number of unbranched alkanes of at least 4 members (excludes halogenated alkanes) is 2. The molecular formula is C30H29N3O4. The maximum Gasteiger partial charge on any atom is 0.302 e. The van der Waals surface area contributed by atoms with Crippen LogP contribution in [-0.4, -0.2) is 33.4 Å². The number of hydrogen-bond acceptors (Lipinski definition) is 5. The standard InChI is InChI=1S/C30H29N3O4/c1-3-4-8-17-37-22-14-12-21(13-15-22)27(34)25-26(20-9-6-5-7-10-20)33(29(36)28(25)35)30-31-23-16-11-19(2)18-24(23)32-30/h5-7,9-16,18,26,34H,3-4,8,17H2,1-2H3,(H,31,32)/b27-25+. The van der Waals surface area contributed by atoms with E-state index in [1.807, 2.05) is 55.5 Å². The van der Waals surface area contributed by atoms with Gasteiger partial charge in [0.1, 0.15) is 11.5 Å². The van der Waals surface area contributed by atoms with E-state index >= 15 is 0 Å². The van der Waals surface area contributed by atoms with Crippen molar-refractivity contribution in [2.24, 2.45) is 0 Å². The summed E-state index contributed by atoms with van der Waals surface area (Å²) in [7, 11) is 0. The Morgan fingerprint density at radius 2 is 1.78 bits per heavy atom. The van der Waals surface area contributed by atoms with Crippen LogP contribution in [0.5, 0.6) is 5.75 Å². The monoisotopic (exact) mass is 495 g/mol. The van der Waals surface area contributed by atoms with Gasteiger partial charge in [0.05, 0.1) is 29.3 Å². The van der Waals surface area contributed by atoms with Crippen molar-refractivity contribution in [2.45, 2.75) is 39.2 Å². The van der Waals surface area contributed by atoms with Crippen molar-refractivity contribution in [1.29, 1.82) is 0 Å². The van der Waals surface area contributed by atoms with Crippen LogP contribution in [0.1, 0.15) is 48.9 Å². The van der Waals surface area contributed by atoms with Crippen molar-refractivity contribution in [3.8, 4) is 5.75 Å². The van der Waals surface area contributed by atoms with Gasteiger partial charge in [-0.05, 0) is 60.9 Å². The van der Waals surface area contributed by atoms with Crippen molar-refractivity contribution in [3.05, 3.63) is 95.1 Å². The van der Waals surface area contributed by atoms with Gasteiger partial charge in [0.15, 0.2) is 0 Å². The summed E-state index contributed by atoms with van der Waals surface area (Å²) in [4.78, 5) is 35.8. The summed E-state index contributed by atoms with van der Waals surface area (Å²) in [5.74, 6) is -0.805. The van der Waals surface area contributed by atoms with Gasteiger partial charge in [0.25, 0.3) is 5.78 Å². The van der Waals surface area contributed by atoms with E-state index in [1.54, 1.807) is 24.3 Å². The summed E-state index contributed by atoms with van der Waals surface area (Å²) in [6.45, 7) is 4.73. The third-order valence-electron chi connectivity index (χ3n) is 6.56. The molecule has 3 aromatic carbocycles. The Labute approximate surface area is 215 Å². The number of ketones is 1. The first-order valence-corrected chi connectivity index (χ1v) is 12.5. The zero-order chi connectivity index (χ0) is 25.9. The Balaban J connectivity index is 1.55. The molecule has 7 nitrogen and oxygen atoms in total. The number of aromatic nitrogens is 2. The van der Waals surface area contributed by atoms with Gasteiger partial charge in [-0.3, -0.25) is 14.5 Å². The number of hydrogen-bond donors (Lipinski definition) is 2. The first-order valence-electron chi connectivity index (χ1n) is 12.5. The summed E-state index contributed by atoms with van der Waals surface area (Å²) in [6, 6.07) is 21.0. The van der Waals surface area contributed by atoms with E-state index in [4.69, 9.17) is 4.74 Å². The van der Waals surface area contributed by atoms with Gasteiger partial charge in [-0.2, -0.15) is 0 Å². The van der Waals surface area contributed by atoms with Crippen molar-refractivity contribution >= 4 is 34.4 Å². The molecule has 188 valence electrons. The largest absolute Gasteiger partial charge is 0.507 e. The molecule has 1 aliphatic heterocycles. The number of rotatable bonds is 8. The molecule has 0 saturated carbocycles. The van der Waals surface area contributed by atoms with Gasteiger partial charge in [0, 0.05) is 5.56 Å². The number of nitrogens with one attached hydrogen (secondary N) is 1. The highest BCUT2D eigenvalue weighted by Crippen LogP contribution is 2.41. The lowest BCUT2D eigenvalue weighted by Gasteiger charge is -2.23. The number of H-pyrrole nitrogens is 1. The minimum Gasteiger partial charge on any atom is -0.507 e. The van der Waals surface area contributed by atoms with Crippen LogP contribution in [0.4, 0.5) is 5.95 Å². The van der Waals surface area contributed by atoms with Crippen molar-refractivity contribution in [3.63, 3.8) is 0 Å². The van der Waals surface area contributed by atoms with Crippen LogP contribution < -0.4 is 9.64 Å². The van der Waals surface area contributed by atoms with E-state index < -0.39 is 17.7 Å². The fraction of sp³-hybridized carbons (Fsp3) is 0.233. The van der Waals surface area contributed by atoms with E-state index in [0.29, 0.717) is 29.0 Å². The lowest BCUT2D eigenvalue weighted by atomic mass is 9.95. The van der Waals surface area contributed by atoms with Crippen molar-refractivity contribution in [1.82, 2.24) is 9.97 Å². The second-order valence-corrected chi connectivity index (χ2v) is 9.24. The molecule has 1 unspecified atom stereocenters. The molecule has 5 rings (SSSR count). The molecule has 2 N–H and O–H groups in total. The fourth-order valence-corrected chi connectivity index (χ4v) is 4.63. The molecule has 0 spiro atoms. The molecule has 1 saturated heterocycles. The topological polar surface area (TPSA) is 95.5 Å². The molecule has 1 aromatic heterocycles. The summed E-state index contributed by atoms with van der Waals surface area (Å²) in [6.07, 6.45) is 3.19. The number of benzene rings is 3. The predicted molar refractivity (Wildman–Crippen MR) is 144 cm³/mol. The summed E-state index contributed by atoms with van der Waals surface area (Å²) in [5.41, 5.74) is 3.63. The van der Waals surface area contributed by atoms with E-state index in [9.17, 15) is 14.7 Å². The van der Waals surface area contributed by atoms with Crippen LogP contribution in [0.15, 0.2) is 78.4 Å². The molecule has 0 aliphatic carbocycles. The highest BCUT2D eigenvalue weighted by molar-refractivity contribution is 6.51. The lowest BCUT2D eigenvalue weighted by molar-refractivity contribution is -0.132. The number of imidazole rings is 1. The molecule has 7 heteroatoms. The molecule has 4 aromatic rings. The van der Waals surface area contributed by atoms with E-state index in [2.05, 4.69) is 16.9 Å². The maximum atomic E-state index is 13.4. The Morgan fingerprint density at radius 3 is 2.51 bits per heavy atom. The number of aliphatic hydroxyl groups is 1. The predicted octanol–water partition coefficient (Wildman–Crippen LogP) is 6.07. The first-order chi connectivity index (χ1) is 18.0. The van der Waals surface area contributed by atoms with Gasteiger partial charge in [0.2, 0.25) is 5.95 Å². The molecule has 0 radical (unpaired) electrons. The zero-order valence-electron chi connectivity index (χ0n) is 20.9. The third-order valence-corrected chi connectivity index (χ3v) is 6.56. The zero-order valence-corrected chi connectivity index (χ0v) is 20.9. The Hall–Kier alpha value is -4.39. The second kappa shape index (κ2) is 10.3. The van der Waals surface area contributed by atoms with Gasteiger partial charge < -0.3 is 14.8 Å². The Morgan fingerprint density at radius 1 is 1.03 bits per heavy atom. The van der Waals surface area contributed by atoms with Crippen LogP contribution in [0.2, 0.25) is 0 Å². The molecule has 1 atom stereocenters. The number of aryl methyl sites for hydroxylation is 1. The third kappa shape index (κ3) is 4.72. The van der Waals surface area contributed by atoms with Gasteiger partial charge in [-0.15, -0.1) is 0 Å². The maximum absolute atomic E-state index is 13.4. The molecule has 1 fully saturated rings. The van der Waals surface area contributed by atoms with Crippen LogP contribution >= 0.6 is 0 Å². The molecule has 1 aliphatic rings. The highest BCUT2D eigenvalue weighted by atomic mass is 16.5. The number of carbonyl (C=O) groups is 2. The lowest BCUT2D eigenvalue weighted by Crippen LogP contribution is -2.30. The molecule has 0 bridgehead atoms. The first kappa shape index (κ1) is 24.3. The van der Waals surface area contributed by atoms with Crippen molar-refractivity contribution in [2.75, 3.05) is 11.5 Å².